The number of furan rings is 1. The molecule has 3 saturated heterocycles. The van der Waals surface area contributed by atoms with Gasteiger partial charge in [0.25, 0.3) is 6.47 Å². The molecule has 3 fully saturated rings. The zero-order valence-electron chi connectivity index (χ0n) is 20.7. The molecule has 1 amide bonds. The van der Waals surface area contributed by atoms with Crippen molar-refractivity contribution in [3.05, 3.63) is 89.4 Å². The molecule has 10 heteroatoms. The van der Waals surface area contributed by atoms with Crippen molar-refractivity contribution in [2.24, 2.45) is 5.92 Å². The number of piperidine rings is 3. The predicted molar refractivity (Wildman–Crippen MR) is 136 cm³/mol. The third-order valence-corrected chi connectivity index (χ3v) is 6.69. The van der Waals surface area contributed by atoms with Gasteiger partial charge < -0.3 is 29.4 Å². The van der Waals surface area contributed by atoms with Gasteiger partial charge in [0.1, 0.15) is 24.2 Å². The number of ether oxygens (including phenoxy) is 2. The van der Waals surface area contributed by atoms with Gasteiger partial charge >= 0.3 is 12.1 Å². The van der Waals surface area contributed by atoms with Crippen LogP contribution in [0.5, 0.6) is 5.75 Å². The minimum Gasteiger partial charge on any atom is -0.486 e. The number of amides is 1. The first kappa shape index (κ1) is 26.7. The molecule has 3 aromatic rings. The number of hydrogen-bond donors (Lipinski definition) is 3. The van der Waals surface area contributed by atoms with E-state index in [-0.39, 0.29) is 24.9 Å². The minimum absolute atomic E-state index is 0.0763. The standard InChI is InChI=1S/C27H28N2O6.CH2O2/c30-26(31)23-10-9-22(34-23)17-33-21-8-4-7-20(15-21)25(19-5-2-1-3-6-19)28-27(32)35-24-16-29-13-11-18(24)12-14-29;2-1-3/h1-10,15,18,24-25H,11-14,16-17H2,(H,28,32)(H,30,31);1H,(H,2,3)/t24?,25-;/m0./s1. The molecule has 2 bridgehead atoms. The van der Waals surface area contributed by atoms with Crippen molar-refractivity contribution in [3.63, 3.8) is 0 Å². The number of nitrogens with one attached hydrogen (secondary N) is 1. The van der Waals surface area contributed by atoms with Crippen LogP contribution in [0.15, 0.2) is 71.1 Å². The van der Waals surface area contributed by atoms with E-state index in [0.717, 1.165) is 43.6 Å². The molecule has 3 aliphatic heterocycles. The molecule has 0 aliphatic carbocycles. The van der Waals surface area contributed by atoms with Crippen LogP contribution in [0.3, 0.4) is 0 Å². The maximum atomic E-state index is 13.0. The molecule has 0 saturated carbocycles. The van der Waals surface area contributed by atoms with Gasteiger partial charge in [-0.05, 0) is 67.2 Å². The molecule has 1 unspecified atom stereocenters. The van der Waals surface area contributed by atoms with E-state index in [1.165, 1.54) is 6.07 Å². The zero-order valence-corrected chi connectivity index (χ0v) is 20.7. The maximum absolute atomic E-state index is 13.0. The minimum atomic E-state index is -1.12. The lowest BCUT2D eigenvalue weighted by Gasteiger charge is -2.43. The molecular weight excluding hydrogens is 492 g/mol. The SMILES string of the molecule is O=C(N[C@@H](c1ccccc1)c1cccc(OCc2ccc(C(=O)O)o2)c1)OC1CN2CCC1CC2.O=CO. The van der Waals surface area contributed by atoms with Crippen LogP contribution in [0.25, 0.3) is 0 Å². The van der Waals surface area contributed by atoms with Gasteiger partial charge in [0.05, 0.1) is 6.04 Å². The summed E-state index contributed by atoms with van der Waals surface area (Å²) >= 11 is 0. The van der Waals surface area contributed by atoms with E-state index in [1.54, 1.807) is 12.1 Å². The second kappa shape index (κ2) is 12.8. The van der Waals surface area contributed by atoms with Crippen LogP contribution in [0.4, 0.5) is 4.79 Å². The molecular formula is C28H30N2O8. The Hall–Kier alpha value is -4.31. The largest absolute Gasteiger partial charge is 0.486 e. The summed E-state index contributed by atoms with van der Waals surface area (Å²) in [6.45, 7) is 2.80. The van der Waals surface area contributed by atoms with Gasteiger partial charge in [0.2, 0.25) is 5.76 Å². The van der Waals surface area contributed by atoms with Gasteiger partial charge in [-0.25, -0.2) is 9.59 Å². The van der Waals surface area contributed by atoms with Gasteiger partial charge in [-0.2, -0.15) is 0 Å². The molecule has 2 aromatic carbocycles. The highest BCUT2D eigenvalue weighted by atomic mass is 16.6. The molecule has 1 aromatic heterocycles. The summed E-state index contributed by atoms with van der Waals surface area (Å²) in [5, 5.41) is 19.0. The number of carbonyl (C=O) groups excluding carboxylic acids is 1. The molecule has 10 nitrogen and oxygen atoms in total. The van der Waals surface area contributed by atoms with Gasteiger partial charge in [0.15, 0.2) is 0 Å². The normalized spacial score (nSPS) is 20.4. The lowest BCUT2D eigenvalue weighted by molar-refractivity contribution is -0.122. The maximum Gasteiger partial charge on any atom is 0.408 e. The first-order valence-corrected chi connectivity index (χ1v) is 12.3. The first-order valence-electron chi connectivity index (χ1n) is 12.3. The molecule has 0 spiro atoms. The summed E-state index contributed by atoms with van der Waals surface area (Å²) in [6.07, 6.45) is 1.64. The van der Waals surface area contributed by atoms with E-state index in [1.807, 2.05) is 48.5 Å². The molecule has 200 valence electrons. The molecule has 0 radical (unpaired) electrons. The van der Waals surface area contributed by atoms with Gasteiger partial charge in [-0.1, -0.05) is 42.5 Å². The van der Waals surface area contributed by atoms with Gasteiger partial charge in [-0.15, -0.1) is 0 Å². The average molecular weight is 523 g/mol. The van der Waals surface area contributed by atoms with Crippen molar-refractivity contribution in [1.29, 1.82) is 0 Å². The van der Waals surface area contributed by atoms with Crippen molar-refractivity contribution in [2.45, 2.75) is 31.6 Å². The lowest BCUT2D eigenvalue weighted by atomic mass is 9.86. The number of rotatable bonds is 8. The monoisotopic (exact) mass is 522 g/mol. The van der Waals surface area contributed by atoms with Crippen LogP contribution >= 0.6 is 0 Å². The number of aromatic carboxylic acids is 1. The van der Waals surface area contributed by atoms with Crippen LogP contribution in [0.2, 0.25) is 0 Å². The molecule has 2 atom stereocenters. The van der Waals surface area contributed by atoms with E-state index in [0.29, 0.717) is 17.4 Å². The number of nitrogens with zero attached hydrogens (tertiary/aromatic N) is 1. The first-order chi connectivity index (χ1) is 18.5. The smallest absolute Gasteiger partial charge is 0.408 e. The van der Waals surface area contributed by atoms with Crippen molar-refractivity contribution >= 4 is 18.5 Å². The molecule has 6 rings (SSSR count). The van der Waals surface area contributed by atoms with E-state index in [2.05, 4.69) is 10.2 Å². The van der Waals surface area contributed by atoms with Gasteiger partial charge in [-0.3, -0.25) is 9.69 Å². The van der Waals surface area contributed by atoms with Crippen molar-refractivity contribution < 1.29 is 38.5 Å². The molecule has 3 aliphatic rings. The van der Waals surface area contributed by atoms with Crippen molar-refractivity contribution in [1.82, 2.24) is 10.2 Å². The van der Waals surface area contributed by atoms with E-state index in [4.69, 9.17) is 28.9 Å². The lowest BCUT2D eigenvalue weighted by Crippen LogP contribution is -2.52. The Kier molecular flexibility index (Phi) is 8.99. The summed E-state index contributed by atoms with van der Waals surface area (Å²) in [5.41, 5.74) is 1.76. The van der Waals surface area contributed by atoms with Crippen molar-refractivity contribution in [2.75, 3.05) is 19.6 Å². The Morgan fingerprint density at radius 3 is 2.39 bits per heavy atom. The summed E-state index contributed by atoms with van der Waals surface area (Å²) < 4.78 is 17.0. The summed E-state index contributed by atoms with van der Waals surface area (Å²) in [4.78, 5) is 34.7. The van der Waals surface area contributed by atoms with Gasteiger partial charge in [0, 0.05) is 6.54 Å². The highest BCUT2D eigenvalue weighted by Crippen LogP contribution is 2.30. The number of benzene rings is 2. The molecule has 3 N–H and O–H groups in total. The fourth-order valence-electron chi connectivity index (χ4n) is 4.85. The Balaban J connectivity index is 0.00000107. The third-order valence-electron chi connectivity index (χ3n) is 6.69. The second-order valence-electron chi connectivity index (χ2n) is 9.11. The Morgan fingerprint density at radius 2 is 1.76 bits per heavy atom. The summed E-state index contributed by atoms with van der Waals surface area (Å²) in [7, 11) is 0. The molecule has 38 heavy (non-hydrogen) atoms. The Bertz CT molecular complexity index is 1220. The summed E-state index contributed by atoms with van der Waals surface area (Å²) in [5.74, 6) is 0.157. The predicted octanol–water partition coefficient (Wildman–Crippen LogP) is 4.17. The topological polar surface area (TPSA) is 139 Å². The second-order valence-corrected chi connectivity index (χ2v) is 9.11. The fourth-order valence-corrected chi connectivity index (χ4v) is 4.85. The van der Waals surface area contributed by atoms with E-state index < -0.39 is 18.1 Å². The number of carbonyl (C=O) groups is 3. The Morgan fingerprint density at radius 1 is 1.05 bits per heavy atom. The van der Waals surface area contributed by atoms with Crippen LogP contribution in [-0.2, 0) is 16.1 Å². The highest BCUT2D eigenvalue weighted by molar-refractivity contribution is 5.84. The Labute approximate surface area is 219 Å². The van der Waals surface area contributed by atoms with Crippen molar-refractivity contribution in [3.8, 4) is 5.75 Å². The fraction of sp³-hybridized carbons (Fsp3) is 0.321. The third kappa shape index (κ3) is 6.92. The van der Waals surface area contributed by atoms with E-state index in [9.17, 15) is 9.59 Å². The highest BCUT2D eigenvalue weighted by Gasteiger charge is 2.36. The number of alkyl carbamates (subject to hydrolysis) is 1. The average Bonchev–Trinajstić information content (AvgIpc) is 3.42. The summed E-state index contributed by atoms with van der Waals surface area (Å²) in [6, 6.07) is 19.7. The van der Waals surface area contributed by atoms with Crippen LogP contribution in [-0.4, -0.2) is 59.4 Å². The number of carboxylic acids is 1. The van der Waals surface area contributed by atoms with Crippen LogP contribution in [0, 0.1) is 5.92 Å². The number of fused-ring (bicyclic) bond motifs is 3. The van der Waals surface area contributed by atoms with E-state index >= 15 is 0 Å². The molecule has 4 heterocycles. The number of carboxylic acid groups (broad SMARTS) is 2. The van der Waals surface area contributed by atoms with Crippen LogP contribution < -0.4 is 10.1 Å². The quantitative estimate of drug-likeness (QED) is 0.372. The zero-order chi connectivity index (χ0) is 26.9. The number of hydrogen-bond acceptors (Lipinski definition) is 7. The van der Waals surface area contributed by atoms with Crippen LogP contribution in [0.1, 0.15) is 46.3 Å².